The summed E-state index contributed by atoms with van der Waals surface area (Å²) in [6.45, 7) is 2.61. The van der Waals surface area contributed by atoms with E-state index < -0.39 is 18.1 Å². The summed E-state index contributed by atoms with van der Waals surface area (Å²) in [4.78, 5) is 46.2. The first-order valence-electron chi connectivity index (χ1n) is 12.4. The van der Waals surface area contributed by atoms with Crippen molar-refractivity contribution in [1.82, 2.24) is 10.6 Å². The number of Topliss-reactive ketones (excluding diaryl/α,β-unsaturated/α-hetero) is 1. The van der Waals surface area contributed by atoms with Crippen LogP contribution in [0.5, 0.6) is 0 Å². The zero-order chi connectivity index (χ0) is 25.8. The van der Waals surface area contributed by atoms with Gasteiger partial charge in [-0.2, -0.15) is 0 Å². The molecule has 38 heavy (non-hydrogen) atoms. The first-order valence-corrected chi connectivity index (χ1v) is 12.4. The van der Waals surface area contributed by atoms with Gasteiger partial charge in [0, 0.05) is 16.8 Å². The molecule has 9 heteroatoms. The van der Waals surface area contributed by atoms with Crippen LogP contribution in [0.3, 0.4) is 0 Å². The monoisotopic (exact) mass is 531 g/mol. The Labute approximate surface area is 227 Å². The molecule has 3 aromatic rings. The highest BCUT2D eigenvalue weighted by atomic mass is 35.5. The summed E-state index contributed by atoms with van der Waals surface area (Å²) >= 11 is 0. The van der Waals surface area contributed by atoms with Crippen LogP contribution in [0, 0.1) is 6.92 Å². The van der Waals surface area contributed by atoms with Crippen molar-refractivity contribution in [2.75, 3.05) is 23.3 Å². The molecule has 0 aromatic heterocycles. The van der Waals surface area contributed by atoms with E-state index in [1.807, 2.05) is 79.7 Å². The molecule has 0 aliphatic carbocycles. The van der Waals surface area contributed by atoms with E-state index in [1.54, 1.807) is 6.07 Å². The smallest absolute Gasteiger partial charge is 0.308 e. The number of aryl methyl sites for hydroxylation is 1. The van der Waals surface area contributed by atoms with E-state index >= 15 is 0 Å². The molecule has 0 bridgehead atoms. The van der Waals surface area contributed by atoms with Crippen molar-refractivity contribution in [1.29, 1.82) is 0 Å². The van der Waals surface area contributed by atoms with Gasteiger partial charge in [0.25, 0.3) is 5.91 Å². The highest BCUT2D eigenvalue weighted by molar-refractivity contribution is 6.21. The Bertz CT molecular complexity index is 1360. The third-order valence-corrected chi connectivity index (χ3v) is 6.56. The summed E-state index contributed by atoms with van der Waals surface area (Å²) in [7, 11) is 0. The Balaban J connectivity index is 0.00000336. The molecule has 5 rings (SSSR count). The van der Waals surface area contributed by atoms with Gasteiger partial charge in [0.1, 0.15) is 0 Å². The maximum absolute atomic E-state index is 13.9. The van der Waals surface area contributed by atoms with Crippen molar-refractivity contribution in [3.63, 3.8) is 0 Å². The van der Waals surface area contributed by atoms with E-state index in [0.717, 1.165) is 36.1 Å². The maximum atomic E-state index is 13.9. The predicted octanol–water partition coefficient (Wildman–Crippen LogP) is 4.07. The number of ketones is 1. The molecule has 0 radical (unpaired) electrons. The molecule has 2 aliphatic rings. The van der Waals surface area contributed by atoms with Crippen molar-refractivity contribution >= 4 is 47.2 Å². The van der Waals surface area contributed by atoms with Crippen molar-refractivity contribution in [2.45, 2.75) is 32.0 Å². The van der Waals surface area contributed by atoms with Gasteiger partial charge in [-0.1, -0.05) is 60.7 Å². The Morgan fingerprint density at radius 2 is 1.79 bits per heavy atom. The van der Waals surface area contributed by atoms with Gasteiger partial charge in [-0.05, 0) is 50.1 Å². The number of nitrogens with one attached hydrogen (secondary N) is 3. The molecule has 3 aromatic carbocycles. The lowest BCUT2D eigenvalue weighted by Gasteiger charge is -2.26. The Hall–Kier alpha value is -4.01. The number of carbonyl (C=O) groups excluding carboxylic acids is 3. The van der Waals surface area contributed by atoms with Gasteiger partial charge in [0.05, 0.1) is 24.0 Å². The first kappa shape index (κ1) is 27.0. The van der Waals surface area contributed by atoms with E-state index in [0.29, 0.717) is 17.1 Å². The van der Waals surface area contributed by atoms with Gasteiger partial charge in [-0.25, -0.2) is 9.79 Å². The third-order valence-electron chi connectivity index (χ3n) is 6.56. The van der Waals surface area contributed by atoms with E-state index in [9.17, 15) is 14.4 Å². The Morgan fingerprint density at radius 3 is 2.53 bits per heavy atom. The minimum absolute atomic E-state index is 0. The average Bonchev–Trinajstić information content (AvgIpc) is 3.42. The van der Waals surface area contributed by atoms with Crippen LogP contribution in [0.1, 0.15) is 29.5 Å². The summed E-state index contributed by atoms with van der Waals surface area (Å²) < 4.78 is 0. The molecule has 0 saturated carbocycles. The van der Waals surface area contributed by atoms with E-state index in [-0.39, 0.29) is 30.8 Å². The second-order valence-corrected chi connectivity index (χ2v) is 9.27. The number of aliphatic imine (C=N–C) groups is 1. The molecule has 0 spiro atoms. The number of rotatable bonds is 6. The van der Waals surface area contributed by atoms with Gasteiger partial charge in [-0.15, -0.1) is 12.4 Å². The van der Waals surface area contributed by atoms with Gasteiger partial charge < -0.3 is 20.9 Å². The fourth-order valence-electron chi connectivity index (χ4n) is 4.75. The molecule has 2 heterocycles. The minimum atomic E-state index is -1.23. The van der Waals surface area contributed by atoms with Crippen molar-refractivity contribution in [2.24, 2.45) is 4.99 Å². The number of para-hydroxylation sites is 1. The number of fused-ring (bicyclic) bond motifs is 1. The Morgan fingerprint density at radius 1 is 1.03 bits per heavy atom. The molecule has 3 amide bonds. The van der Waals surface area contributed by atoms with Gasteiger partial charge >= 0.3 is 6.03 Å². The third kappa shape index (κ3) is 5.93. The second-order valence-electron chi connectivity index (χ2n) is 9.27. The molecular weight excluding hydrogens is 502 g/mol. The number of amides is 3. The lowest BCUT2D eigenvalue weighted by atomic mass is 10.00. The minimum Gasteiger partial charge on any atom is -0.308 e. The zero-order valence-electron chi connectivity index (χ0n) is 21.0. The molecule has 196 valence electrons. The summed E-state index contributed by atoms with van der Waals surface area (Å²) in [5.41, 5.74) is 4.28. The van der Waals surface area contributed by atoms with Crippen molar-refractivity contribution in [3.8, 4) is 0 Å². The standard InChI is InChI=1S/C29H29N5O3.ClH/c1-19-9-7-12-21(17-19)31-29(37)33-27-28(36)34(18-25(35)23-14-8-16-30-23)24-15-6-5-13-22(24)26(32-27)20-10-3-2-4-11-20;/h2-7,9-13,15,17,23,27,30H,8,14,16,18H2,1H3,(H2,31,33,37);1H/t23-,27?;/m1./s1. The summed E-state index contributed by atoms with van der Waals surface area (Å²) in [5.74, 6) is -0.532. The zero-order valence-corrected chi connectivity index (χ0v) is 21.8. The number of nitrogens with zero attached hydrogens (tertiary/aromatic N) is 2. The average molecular weight is 532 g/mol. The van der Waals surface area contributed by atoms with Gasteiger partial charge in [0.15, 0.2) is 5.78 Å². The number of carbonyl (C=O) groups is 3. The van der Waals surface area contributed by atoms with Crippen LogP contribution in [0.15, 0.2) is 83.9 Å². The highest BCUT2D eigenvalue weighted by Gasteiger charge is 2.35. The van der Waals surface area contributed by atoms with Crippen molar-refractivity contribution in [3.05, 3.63) is 95.6 Å². The van der Waals surface area contributed by atoms with Crippen molar-refractivity contribution < 1.29 is 14.4 Å². The second kappa shape index (κ2) is 12.0. The molecule has 1 unspecified atom stereocenters. The van der Waals surface area contributed by atoms with Crippen LogP contribution in [0.2, 0.25) is 0 Å². The SMILES string of the molecule is Cc1cccc(NC(=O)NC2N=C(c3ccccc3)c3ccccc3N(CC(=O)[C@H]3CCCN3)C2=O)c1.Cl. The molecule has 1 fully saturated rings. The van der Waals surface area contributed by atoms with E-state index in [4.69, 9.17) is 4.99 Å². The summed E-state index contributed by atoms with van der Waals surface area (Å²) in [6, 6.07) is 23.5. The predicted molar refractivity (Wildman–Crippen MR) is 151 cm³/mol. The Kier molecular flexibility index (Phi) is 8.55. The number of hydrogen-bond donors (Lipinski definition) is 3. The molecular formula is C29H30ClN5O3. The topological polar surface area (TPSA) is 103 Å². The number of urea groups is 1. The summed E-state index contributed by atoms with van der Waals surface area (Å²) in [6.07, 6.45) is 0.442. The fraction of sp³-hybridized carbons (Fsp3) is 0.241. The number of halogens is 1. The van der Waals surface area contributed by atoms with Gasteiger partial charge in [-0.3, -0.25) is 9.59 Å². The first-order chi connectivity index (χ1) is 18.0. The molecule has 2 aliphatic heterocycles. The summed E-state index contributed by atoms with van der Waals surface area (Å²) in [5, 5.41) is 8.72. The van der Waals surface area contributed by atoms with Crippen LogP contribution in [0.25, 0.3) is 0 Å². The van der Waals surface area contributed by atoms with Crippen LogP contribution in [-0.2, 0) is 9.59 Å². The fourth-order valence-corrected chi connectivity index (χ4v) is 4.75. The van der Waals surface area contributed by atoms with Crippen LogP contribution >= 0.6 is 12.4 Å². The number of hydrogen-bond acceptors (Lipinski definition) is 5. The molecule has 8 nitrogen and oxygen atoms in total. The quantitative estimate of drug-likeness (QED) is 0.446. The molecule has 2 atom stereocenters. The van der Waals surface area contributed by atoms with E-state index in [2.05, 4.69) is 16.0 Å². The highest BCUT2D eigenvalue weighted by Crippen LogP contribution is 2.28. The van der Waals surface area contributed by atoms with Crippen LogP contribution in [0.4, 0.5) is 16.2 Å². The lowest BCUT2D eigenvalue weighted by molar-refractivity contribution is -0.124. The number of benzene rings is 3. The number of anilines is 2. The largest absolute Gasteiger partial charge is 0.321 e. The lowest BCUT2D eigenvalue weighted by Crippen LogP contribution is -2.51. The molecule has 3 N–H and O–H groups in total. The number of benzodiazepines with no additional fused rings is 1. The van der Waals surface area contributed by atoms with Crippen LogP contribution < -0.4 is 20.9 Å². The van der Waals surface area contributed by atoms with Crippen LogP contribution in [-0.4, -0.2) is 48.7 Å². The molecule has 1 saturated heterocycles. The van der Waals surface area contributed by atoms with Gasteiger partial charge in [0.2, 0.25) is 6.17 Å². The normalized spacial score (nSPS) is 18.5. The maximum Gasteiger partial charge on any atom is 0.321 e. The van der Waals surface area contributed by atoms with E-state index in [1.165, 1.54) is 4.90 Å².